The summed E-state index contributed by atoms with van der Waals surface area (Å²) in [6.45, 7) is 11.4. The average molecular weight is 477 g/mol. The second-order valence-electron chi connectivity index (χ2n) is 10.1. The van der Waals surface area contributed by atoms with Crippen LogP contribution in [0.25, 0.3) is 0 Å². The molecule has 9 heteroatoms. The molecule has 0 aromatic rings. The fraction of sp³-hybridized carbons (Fsp3) is 0.952. The molecular formula is C21H41N4O2PS2. The second-order valence-corrected chi connectivity index (χ2v) is 16.5. The average Bonchev–Trinajstić information content (AvgIpc) is 2.92. The van der Waals surface area contributed by atoms with Crippen LogP contribution in [0.5, 0.6) is 0 Å². The normalized spacial score (nSPS) is 27.2. The Morgan fingerprint density at radius 2 is 1.40 bits per heavy atom. The number of nitrogens with zero attached hydrogens (tertiary/aromatic N) is 3. The summed E-state index contributed by atoms with van der Waals surface area (Å²) in [5.74, 6) is 0.433. The molecule has 3 rings (SSSR count). The predicted molar refractivity (Wildman–Crippen MR) is 132 cm³/mol. The molecule has 1 atom stereocenters. The van der Waals surface area contributed by atoms with Gasteiger partial charge in [-0.05, 0) is 44.3 Å². The Kier molecular flexibility index (Phi) is 8.44. The molecule has 3 aliphatic rings. The zero-order valence-electron chi connectivity index (χ0n) is 19.1. The minimum Gasteiger partial charge on any atom is -0.357 e. The van der Waals surface area contributed by atoms with Gasteiger partial charge in [-0.2, -0.15) is 0 Å². The smallest absolute Gasteiger partial charge is 0.194 e. The van der Waals surface area contributed by atoms with Gasteiger partial charge in [-0.1, -0.05) is 46.5 Å². The van der Waals surface area contributed by atoms with Gasteiger partial charge >= 0.3 is 0 Å². The van der Waals surface area contributed by atoms with Crippen LogP contribution in [0.1, 0.15) is 78.6 Å². The molecule has 174 valence electrons. The van der Waals surface area contributed by atoms with E-state index in [1.807, 2.05) is 0 Å². The highest BCUT2D eigenvalue weighted by Gasteiger charge is 2.45. The van der Waals surface area contributed by atoms with Crippen LogP contribution in [0, 0.1) is 0 Å². The molecule has 6 nitrogen and oxygen atoms in total. The van der Waals surface area contributed by atoms with Crippen LogP contribution in [0.2, 0.25) is 0 Å². The maximum Gasteiger partial charge on any atom is 0.194 e. The first-order chi connectivity index (χ1) is 14.1. The van der Waals surface area contributed by atoms with Crippen LogP contribution in [0.15, 0.2) is 4.74 Å². The van der Waals surface area contributed by atoms with Gasteiger partial charge in [0.05, 0.1) is 11.5 Å². The summed E-state index contributed by atoms with van der Waals surface area (Å²) < 4.78 is 34.6. The van der Waals surface area contributed by atoms with Crippen molar-refractivity contribution < 1.29 is 8.42 Å². The zero-order valence-corrected chi connectivity index (χ0v) is 21.6. The Hall–Kier alpha value is -0.0100. The van der Waals surface area contributed by atoms with Crippen LogP contribution in [0.3, 0.4) is 0 Å². The third-order valence-electron chi connectivity index (χ3n) is 6.64. The molecule has 0 amide bonds. The minimum atomic E-state index is -2.94. The molecule has 0 saturated carbocycles. The minimum absolute atomic E-state index is 0.0187. The Bertz CT molecular complexity index is 723. The van der Waals surface area contributed by atoms with E-state index in [4.69, 9.17) is 17.0 Å². The molecule has 0 spiro atoms. The Labute approximate surface area is 189 Å². The summed E-state index contributed by atoms with van der Waals surface area (Å²) in [5.41, 5.74) is 0. The van der Waals surface area contributed by atoms with Gasteiger partial charge in [0, 0.05) is 37.4 Å². The largest absolute Gasteiger partial charge is 0.357 e. The maximum atomic E-state index is 11.9. The third-order valence-corrected chi connectivity index (χ3v) is 13.4. The molecule has 3 saturated heterocycles. The van der Waals surface area contributed by atoms with Crippen LogP contribution in [-0.4, -0.2) is 71.8 Å². The monoisotopic (exact) mass is 476 g/mol. The molecule has 3 heterocycles. The molecule has 1 N–H and O–H groups in total. The lowest BCUT2D eigenvalue weighted by Crippen LogP contribution is -2.43. The summed E-state index contributed by atoms with van der Waals surface area (Å²) in [5, 5.41) is 3.83. The first kappa shape index (κ1) is 24.6. The van der Waals surface area contributed by atoms with Gasteiger partial charge in [0.2, 0.25) is 0 Å². The summed E-state index contributed by atoms with van der Waals surface area (Å²) in [6, 6.07) is -0.0959. The van der Waals surface area contributed by atoms with E-state index in [2.05, 4.69) is 35.4 Å². The van der Waals surface area contributed by atoms with Gasteiger partial charge < -0.3 is 5.32 Å². The van der Waals surface area contributed by atoms with Crippen molar-refractivity contribution in [3.8, 4) is 0 Å². The van der Waals surface area contributed by atoms with E-state index in [-0.39, 0.29) is 22.7 Å². The van der Waals surface area contributed by atoms with Crippen LogP contribution in [-0.2, 0) is 9.84 Å². The highest BCUT2D eigenvalue weighted by molar-refractivity contribution is 7.91. The molecule has 0 unspecified atom stereocenters. The standard InChI is InChI=1S/C21H41N4O2PS2/c1-21(2,3)28(24-13-8-4-5-9-14-24,25-15-10-6-7-11-16-25)23-20(29)22-19-12-17-30(26,27)18-19/h19H,4-18H2,1-3H3,(H,22,29)/t19-/m1/s1. The lowest BCUT2D eigenvalue weighted by atomic mass is 10.2. The molecule has 0 radical (unpaired) electrons. The van der Waals surface area contributed by atoms with E-state index in [0.29, 0.717) is 11.5 Å². The summed E-state index contributed by atoms with van der Waals surface area (Å²) >= 11 is 5.79. The van der Waals surface area contributed by atoms with Gasteiger partial charge in [-0.25, -0.2) is 13.2 Å². The lowest BCUT2D eigenvalue weighted by molar-refractivity contribution is 0.368. The van der Waals surface area contributed by atoms with Crippen molar-refractivity contribution in [1.82, 2.24) is 14.7 Å². The highest BCUT2D eigenvalue weighted by Crippen LogP contribution is 2.66. The first-order valence-corrected chi connectivity index (χ1v) is 15.7. The molecule has 3 aliphatic heterocycles. The molecule has 0 aliphatic carbocycles. The van der Waals surface area contributed by atoms with Gasteiger partial charge in [-0.15, -0.1) is 0 Å². The van der Waals surface area contributed by atoms with Gasteiger partial charge in [0.25, 0.3) is 0 Å². The van der Waals surface area contributed by atoms with E-state index in [9.17, 15) is 8.42 Å². The lowest BCUT2D eigenvalue weighted by Gasteiger charge is -2.51. The Balaban J connectivity index is 1.99. The van der Waals surface area contributed by atoms with Crippen LogP contribution >= 0.6 is 19.6 Å². The number of hydrogen-bond donors (Lipinski definition) is 1. The topological polar surface area (TPSA) is 65.0 Å². The summed E-state index contributed by atoms with van der Waals surface area (Å²) in [6.07, 6.45) is 10.7. The van der Waals surface area contributed by atoms with Crippen molar-refractivity contribution >= 4 is 34.5 Å². The molecule has 0 aromatic heterocycles. The van der Waals surface area contributed by atoms with Crippen molar-refractivity contribution in [3.63, 3.8) is 0 Å². The number of thiocarbonyl (C=S) groups is 1. The van der Waals surface area contributed by atoms with Gasteiger partial charge in [0.1, 0.15) is 7.36 Å². The molecule has 3 fully saturated rings. The third kappa shape index (κ3) is 5.86. The quantitative estimate of drug-likeness (QED) is 0.473. The number of sulfone groups is 1. The number of nitrogens with one attached hydrogen (secondary N) is 1. The van der Waals surface area contributed by atoms with E-state index >= 15 is 0 Å². The number of hydrogen-bond acceptors (Lipinski definition) is 3. The van der Waals surface area contributed by atoms with E-state index in [1.165, 1.54) is 51.4 Å². The van der Waals surface area contributed by atoms with Crippen LogP contribution < -0.4 is 5.32 Å². The summed E-state index contributed by atoms with van der Waals surface area (Å²) in [7, 11) is -5.03. The van der Waals surface area contributed by atoms with E-state index in [0.717, 1.165) is 26.2 Å². The molecule has 0 bridgehead atoms. The molecular weight excluding hydrogens is 435 g/mol. The highest BCUT2D eigenvalue weighted by atomic mass is 32.2. The second kappa shape index (κ2) is 10.3. The van der Waals surface area contributed by atoms with Crippen molar-refractivity contribution in [2.45, 2.75) is 89.8 Å². The fourth-order valence-electron chi connectivity index (χ4n) is 5.21. The van der Waals surface area contributed by atoms with Crippen molar-refractivity contribution in [2.24, 2.45) is 4.74 Å². The Morgan fingerprint density at radius 1 is 0.933 bits per heavy atom. The Morgan fingerprint density at radius 3 is 1.77 bits per heavy atom. The first-order valence-electron chi connectivity index (χ1n) is 11.8. The zero-order chi connectivity index (χ0) is 21.8. The predicted octanol–water partition coefficient (Wildman–Crippen LogP) is 4.63. The van der Waals surface area contributed by atoms with Gasteiger partial charge in [0.15, 0.2) is 14.9 Å². The molecule has 30 heavy (non-hydrogen) atoms. The van der Waals surface area contributed by atoms with Gasteiger partial charge in [-0.3, -0.25) is 9.34 Å². The number of rotatable bonds is 3. The maximum absolute atomic E-state index is 11.9. The van der Waals surface area contributed by atoms with E-state index in [1.54, 1.807) is 0 Å². The fourth-order valence-corrected chi connectivity index (χ4v) is 12.0. The molecule has 0 aromatic carbocycles. The van der Waals surface area contributed by atoms with E-state index < -0.39 is 17.2 Å². The van der Waals surface area contributed by atoms with Crippen molar-refractivity contribution in [2.75, 3.05) is 37.7 Å². The summed E-state index contributed by atoms with van der Waals surface area (Å²) in [4.78, 5) is 0. The van der Waals surface area contributed by atoms with Crippen LogP contribution in [0.4, 0.5) is 0 Å². The van der Waals surface area contributed by atoms with Crippen molar-refractivity contribution in [1.29, 1.82) is 0 Å². The SMILES string of the molecule is CC(C)(C)P(=NC(=S)N[C@@H]1CCS(=O)(=O)C1)(N1CCCCCC1)N1CCCCCC1. The van der Waals surface area contributed by atoms with Crippen molar-refractivity contribution in [3.05, 3.63) is 0 Å².